The summed E-state index contributed by atoms with van der Waals surface area (Å²) in [6.07, 6.45) is 3.87. The molecule has 1 aliphatic rings. The number of methoxy groups -OCH3 is 2. The molecular weight excluding hydrogens is 588 g/mol. The fourth-order valence-corrected chi connectivity index (χ4v) is 5.86. The topological polar surface area (TPSA) is 78.7 Å². The molecule has 0 atom stereocenters. The van der Waals surface area contributed by atoms with Crippen LogP contribution in [0.25, 0.3) is 51.4 Å². The number of morpholine rings is 1. The molecule has 2 aromatic heterocycles. The zero-order valence-corrected chi connectivity index (χ0v) is 26.3. The number of anilines is 1. The first kappa shape index (κ1) is 30.0. The Kier molecular flexibility index (Phi) is 8.49. The van der Waals surface area contributed by atoms with E-state index in [-0.39, 0.29) is 5.56 Å². The minimum Gasteiger partial charge on any atom is -0.497 e. The van der Waals surface area contributed by atoms with E-state index in [2.05, 4.69) is 4.90 Å². The third-order valence-electron chi connectivity index (χ3n) is 8.32. The minimum atomic E-state index is -0.158. The normalized spacial score (nSPS) is 13.3. The van der Waals surface area contributed by atoms with Crippen molar-refractivity contribution < 1.29 is 14.2 Å². The maximum Gasteiger partial charge on any atom is 0.267 e. The van der Waals surface area contributed by atoms with Gasteiger partial charge in [0.2, 0.25) is 0 Å². The maximum absolute atomic E-state index is 14.7. The van der Waals surface area contributed by atoms with Crippen LogP contribution < -0.4 is 19.9 Å². The zero-order valence-electron chi connectivity index (χ0n) is 26.3. The minimum absolute atomic E-state index is 0.158. The lowest BCUT2D eigenvalue weighted by atomic mass is 10.0. The Morgan fingerprint density at radius 1 is 0.723 bits per heavy atom. The predicted molar refractivity (Wildman–Crippen MR) is 188 cm³/mol. The molecule has 0 bridgehead atoms. The smallest absolute Gasteiger partial charge is 0.267 e. The summed E-state index contributed by atoms with van der Waals surface area (Å²) in [6, 6.07) is 35.2. The van der Waals surface area contributed by atoms with Gasteiger partial charge in [0.05, 0.1) is 49.9 Å². The van der Waals surface area contributed by atoms with Crippen LogP contribution in [0, 0.1) is 0 Å². The first-order valence-electron chi connectivity index (χ1n) is 15.5. The molecule has 4 aromatic carbocycles. The number of para-hydroxylation sites is 1. The Bertz CT molecular complexity index is 2100. The number of hydrogen-bond acceptors (Lipinski definition) is 7. The van der Waals surface area contributed by atoms with E-state index in [0.717, 1.165) is 50.5 Å². The van der Waals surface area contributed by atoms with Gasteiger partial charge in [-0.1, -0.05) is 54.6 Å². The average Bonchev–Trinajstić information content (AvgIpc) is 3.14. The van der Waals surface area contributed by atoms with Crippen LogP contribution >= 0.6 is 0 Å². The Balaban J connectivity index is 1.45. The molecule has 0 unspecified atom stereocenters. The van der Waals surface area contributed by atoms with Crippen molar-refractivity contribution in [3.63, 3.8) is 0 Å². The van der Waals surface area contributed by atoms with Gasteiger partial charge in [0, 0.05) is 29.6 Å². The number of ether oxygens (including phenoxy) is 3. The lowest BCUT2D eigenvalue weighted by Gasteiger charge is -2.30. The van der Waals surface area contributed by atoms with Crippen LogP contribution in [-0.4, -0.2) is 55.1 Å². The molecule has 7 rings (SSSR count). The molecule has 1 saturated heterocycles. The van der Waals surface area contributed by atoms with Crippen LogP contribution in [0.1, 0.15) is 11.1 Å². The van der Waals surface area contributed by atoms with Gasteiger partial charge in [0.15, 0.2) is 0 Å². The largest absolute Gasteiger partial charge is 0.497 e. The predicted octanol–water partition coefficient (Wildman–Crippen LogP) is 7.14. The SMILES string of the molecule is COc1ccc(-c2cc(/C=C/c3c(N4CCOCC4)nc(-c4ccccc4)n(-c4ccccc4)c3=O)c3cc(OC)ccc3n2)cc1. The molecule has 8 nitrogen and oxygen atoms in total. The number of fused-ring (bicyclic) bond motifs is 1. The summed E-state index contributed by atoms with van der Waals surface area (Å²) in [4.78, 5) is 27.1. The summed E-state index contributed by atoms with van der Waals surface area (Å²) in [6.45, 7) is 2.39. The standard InChI is InChI=1S/C39H34N4O4/c1-45-31-16-13-27(14-17-31)36-25-29(34-26-32(46-2)18-20-35(34)40-36)15-19-33-38(42-21-23-47-24-22-42)41-37(28-9-5-3-6-10-28)43(39(33)44)30-11-7-4-8-12-30/h3-20,25-26H,21-24H2,1-2H3/b19-15+. The molecule has 0 N–H and O–H groups in total. The quantitative estimate of drug-likeness (QED) is 0.179. The highest BCUT2D eigenvalue weighted by atomic mass is 16.5. The van der Waals surface area contributed by atoms with Crippen molar-refractivity contribution >= 4 is 28.9 Å². The van der Waals surface area contributed by atoms with Gasteiger partial charge in [-0.15, -0.1) is 0 Å². The first-order valence-corrected chi connectivity index (χ1v) is 15.5. The van der Waals surface area contributed by atoms with Gasteiger partial charge in [-0.2, -0.15) is 0 Å². The summed E-state index contributed by atoms with van der Waals surface area (Å²) < 4.78 is 18.3. The van der Waals surface area contributed by atoms with Gasteiger partial charge in [-0.25, -0.2) is 9.97 Å². The Morgan fingerprint density at radius 3 is 2.11 bits per heavy atom. The molecule has 1 fully saturated rings. The van der Waals surface area contributed by atoms with E-state index in [4.69, 9.17) is 24.2 Å². The molecule has 0 amide bonds. The second kappa shape index (κ2) is 13.3. The molecule has 6 aromatic rings. The Labute approximate surface area is 273 Å². The Hall–Kier alpha value is -5.73. The first-order chi connectivity index (χ1) is 23.1. The van der Waals surface area contributed by atoms with Crippen molar-refractivity contribution in [2.24, 2.45) is 0 Å². The highest BCUT2D eigenvalue weighted by Gasteiger charge is 2.23. The third kappa shape index (κ3) is 6.11. The number of rotatable bonds is 8. The van der Waals surface area contributed by atoms with E-state index in [9.17, 15) is 4.79 Å². The van der Waals surface area contributed by atoms with Crippen molar-refractivity contribution in [2.75, 3.05) is 45.4 Å². The van der Waals surface area contributed by atoms with Crippen molar-refractivity contribution in [1.29, 1.82) is 0 Å². The fourth-order valence-electron chi connectivity index (χ4n) is 5.86. The summed E-state index contributed by atoms with van der Waals surface area (Å²) in [7, 11) is 3.30. The highest BCUT2D eigenvalue weighted by molar-refractivity contribution is 5.94. The van der Waals surface area contributed by atoms with Gasteiger partial charge in [-0.05, 0) is 72.3 Å². The van der Waals surface area contributed by atoms with E-state index in [0.29, 0.717) is 43.5 Å². The fraction of sp³-hybridized carbons (Fsp3) is 0.154. The van der Waals surface area contributed by atoms with E-state index in [1.54, 1.807) is 18.8 Å². The molecular formula is C39H34N4O4. The molecule has 0 radical (unpaired) electrons. The number of pyridine rings is 1. The number of benzene rings is 4. The zero-order chi connectivity index (χ0) is 32.2. The van der Waals surface area contributed by atoms with Crippen LogP contribution in [-0.2, 0) is 4.74 Å². The lowest BCUT2D eigenvalue weighted by molar-refractivity contribution is 0.122. The lowest BCUT2D eigenvalue weighted by Crippen LogP contribution is -2.39. The molecule has 3 heterocycles. The van der Waals surface area contributed by atoms with E-state index in [1.807, 2.05) is 121 Å². The van der Waals surface area contributed by atoms with Crippen molar-refractivity contribution in [3.05, 3.63) is 131 Å². The summed E-state index contributed by atoms with van der Waals surface area (Å²) >= 11 is 0. The molecule has 47 heavy (non-hydrogen) atoms. The van der Waals surface area contributed by atoms with Crippen molar-refractivity contribution in [3.8, 4) is 39.8 Å². The molecule has 1 aliphatic heterocycles. The number of hydrogen-bond donors (Lipinski definition) is 0. The van der Waals surface area contributed by atoms with Gasteiger partial charge >= 0.3 is 0 Å². The second-order valence-corrected chi connectivity index (χ2v) is 11.2. The monoisotopic (exact) mass is 622 g/mol. The molecule has 0 spiro atoms. The van der Waals surface area contributed by atoms with E-state index in [1.165, 1.54) is 0 Å². The molecule has 0 aliphatic carbocycles. The van der Waals surface area contributed by atoms with Crippen LogP contribution in [0.2, 0.25) is 0 Å². The number of aromatic nitrogens is 3. The summed E-state index contributed by atoms with van der Waals surface area (Å²) in [5.74, 6) is 2.71. The van der Waals surface area contributed by atoms with Gasteiger partial charge in [0.25, 0.3) is 5.56 Å². The van der Waals surface area contributed by atoms with E-state index >= 15 is 0 Å². The average molecular weight is 623 g/mol. The van der Waals surface area contributed by atoms with Gasteiger partial charge in [-0.3, -0.25) is 9.36 Å². The van der Waals surface area contributed by atoms with Crippen LogP contribution in [0.15, 0.2) is 114 Å². The number of nitrogens with zero attached hydrogens (tertiary/aromatic N) is 4. The van der Waals surface area contributed by atoms with Crippen LogP contribution in [0.5, 0.6) is 11.5 Å². The van der Waals surface area contributed by atoms with Crippen LogP contribution in [0.4, 0.5) is 5.82 Å². The van der Waals surface area contributed by atoms with Crippen molar-refractivity contribution in [2.45, 2.75) is 0 Å². The second-order valence-electron chi connectivity index (χ2n) is 11.2. The molecule has 0 saturated carbocycles. The Morgan fingerprint density at radius 2 is 1.40 bits per heavy atom. The maximum atomic E-state index is 14.7. The summed E-state index contributed by atoms with van der Waals surface area (Å²) in [5.41, 5.74) is 5.40. The molecule has 8 heteroatoms. The van der Waals surface area contributed by atoms with Gasteiger partial charge in [0.1, 0.15) is 23.1 Å². The highest BCUT2D eigenvalue weighted by Crippen LogP contribution is 2.31. The molecule has 234 valence electrons. The summed E-state index contributed by atoms with van der Waals surface area (Å²) in [5, 5.41) is 0.906. The third-order valence-corrected chi connectivity index (χ3v) is 8.32. The van der Waals surface area contributed by atoms with E-state index < -0.39 is 0 Å². The van der Waals surface area contributed by atoms with Crippen LogP contribution in [0.3, 0.4) is 0 Å². The van der Waals surface area contributed by atoms with Crippen molar-refractivity contribution in [1.82, 2.24) is 14.5 Å². The van der Waals surface area contributed by atoms with Gasteiger partial charge < -0.3 is 19.1 Å².